The zero-order chi connectivity index (χ0) is 13.0. The van der Waals surface area contributed by atoms with Gasteiger partial charge in [0.15, 0.2) is 0 Å². The van der Waals surface area contributed by atoms with E-state index in [4.69, 9.17) is 5.84 Å². The molecule has 1 aromatic rings. The highest BCUT2D eigenvalue weighted by Crippen LogP contribution is 2.35. The normalized spacial score (nSPS) is 19.5. The molecule has 0 aliphatic heterocycles. The maximum atomic E-state index is 5.85. The molecule has 0 radical (unpaired) electrons. The molecule has 1 fully saturated rings. The van der Waals surface area contributed by atoms with E-state index in [2.05, 4.69) is 53.1 Å². The van der Waals surface area contributed by atoms with Gasteiger partial charge in [-0.2, -0.15) is 0 Å². The fraction of sp³-hybridized carbons (Fsp3) is 0.600. The molecule has 0 amide bonds. The lowest BCUT2D eigenvalue weighted by Gasteiger charge is -2.27. The lowest BCUT2D eigenvalue weighted by molar-refractivity contribution is 0.328. The number of nitrogens with two attached hydrogens (primary N) is 1. The maximum absolute atomic E-state index is 5.85. The number of benzene rings is 1. The smallest absolute Gasteiger partial charge is 0.0498 e. The van der Waals surface area contributed by atoms with E-state index >= 15 is 0 Å². The third-order valence-corrected chi connectivity index (χ3v) is 5.58. The van der Waals surface area contributed by atoms with E-state index < -0.39 is 0 Å². The molecular weight excluding hydrogens is 335 g/mol. The number of aryl methyl sites for hydroxylation is 1. The van der Waals surface area contributed by atoms with Crippen molar-refractivity contribution in [1.82, 2.24) is 5.43 Å². The van der Waals surface area contributed by atoms with Gasteiger partial charge in [-0.1, -0.05) is 43.9 Å². The average Bonchev–Trinajstić information content (AvgIpc) is 2.64. The molecule has 0 spiro atoms. The van der Waals surface area contributed by atoms with Crippen LogP contribution in [0.5, 0.6) is 0 Å². The quantitative estimate of drug-likeness (QED) is 0.370. The van der Waals surface area contributed by atoms with Crippen molar-refractivity contribution in [2.75, 3.05) is 0 Å². The van der Waals surface area contributed by atoms with Gasteiger partial charge in [0.25, 0.3) is 0 Å². The van der Waals surface area contributed by atoms with Crippen molar-refractivity contribution in [3.05, 3.63) is 32.9 Å². The lowest BCUT2D eigenvalue weighted by atomic mass is 9.87. The van der Waals surface area contributed by atoms with Gasteiger partial charge in [-0.3, -0.25) is 11.3 Å². The van der Waals surface area contributed by atoms with Crippen LogP contribution in [0.1, 0.15) is 55.7 Å². The maximum Gasteiger partial charge on any atom is 0.0498 e. The van der Waals surface area contributed by atoms with Crippen LogP contribution in [-0.2, 0) is 0 Å². The molecule has 0 heterocycles. The second-order valence-corrected chi connectivity index (χ2v) is 6.45. The highest BCUT2D eigenvalue weighted by Gasteiger charge is 2.24. The minimum Gasteiger partial charge on any atom is -0.271 e. The predicted molar refractivity (Wildman–Crippen MR) is 85.2 cm³/mol. The summed E-state index contributed by atoms with van der Waals surface area (Å²) in [6, 6.07) is 6.86. The van der Waals surface area contributed by atoms with Crippen molar-refractivity contribution in [2.24, 2.45) is 11.8 Å². The summed E-state index contributed by atoms with van der Waals surface area (Å²) < 4.78 is 1.36. The summed E-state index contributed by atoms with van der Waals surface area (Å²) in [7, 11) is 0. The van der Waals surface area contributed by atoms with Gasteiger partial charge in [0.2, 0.25) is 0 Å². The van der Waals surface area contributed by atoms with Gasteiger partial charge in [0.05, 0.1) is 0 Å². The van der Waals surface area contributed by atoms with Crippen molar-refractivity contribution in [2.45, 2.75) is 51.5 Å². The van der Waals surface area contributed by atoms with Gasteiger partial charge in [-0.15, -0.1) is 0 Å². The highest BCUT2D eigenvalue weighted by atomic mass is 127. The summed E-state index contributed by atoms with van der Waals surface area (Å²) in [5, 5.41) is 0. The summed E-state index contributed by atoms with van der Waals surface area (Å²) in [4.78, 5) is 0. The molecule has 1 aliphatic carbocycles. The molecule has 18 heavy (non-hydrogen) atoms. The van der Waals surface area contributed by atoms with Crippen LogP contribution in [-0.4, -0.2) is 0 Å². The van der Waals surface area contributed by atoms with Crippen LogP contribution < -0.4 is 11.3 Å². The Balaban J connectivity index is 2.23. The number of hydrogen-bond donors (Lipinski definition) is 2. The fourth-order valence-electron chi connectivity index (χ4n) is 3.03. The number of halogens is 1. The summed E-state index contributed by atoms with van der Waals surface area (Å²) in [6.07, 6.45) is 8.09. The minimum absolute atomic E-state index is 0.315. The molecule has 1 atom stereocenters. The van der Waals surface area contributed by atoms with E-state index in [1.807, 2.05) is 0 Å². The van der Waals surface area contributed by atoms with Gasteiger partial charge in [0, 0.05) is 9.61 Å². The van der Waals surface area contributed by atoms with E-state index in [-0.39, 0.29) is 0 Å². The second-order valence-electron chi connectivity index (χ2n) is 5.37. The Morgan fingerprint density at radius 1 is 1.22 bits per heavy atom. The Morgan fingerprint density at radius 2 is 1.89 bits per heavy atom. The van der Waals surface area contributed by atoms with Crippen molar-refractivity contribution < 1.29 is 0 Å². The first-order chi connectivity index (χ1) is 8.74. The number of hydrazine groups is 1. The molecular formula is C15H23IN2. The van der Waals surface area contributed by atoms with E-state index in [1.165, 1.54) is 53.2 Å². The van der Waals surface area contributed by atoms with Crippen LogP contribution in [0.4, 0.5) is 0 Å². The summed E-state index contributed by atoms with van der Waals surface area (Å²) in [6.45, 7) is 2.17. The van der Waals surface area contributed by atoms with Crippen molar-refractivity contribution in [3.63, 3.8) is 0 Å². The third-order valence-electron chi connectivity index (χ3n) is 4.11. The number of hydrogen-bond acceptors (Lipinski definition) is 2. The van der Waals surface area contributed by atoms with Crippen LogP contribution in [0.15, 0.2) is 18.2 Å². The molecule has 0 saturated heterocycles. The molecule has 1 saturated carbocycles. The molecule has 0 bridgehead atoms. The first-order valence-corrected chi connectivity index (χ1v) is 8.03. The molecule has 1 aliphatic rings. The van der Waals surface area contributed by atoms with Crippen molar-refractivity contribution >= 4 is 22.6 Å². The Kier molecular flexibility index (Phi) is 5.45. The van der Waals surface area contributed by atoms with Crippen LogP contribution >= 0.6 is 22.6 Å². The summed E-state index contributed by atoms with van der Waals surface area (Å²) in [5.41, 5.74) is 5.81. The Bertz CT molecular complexity index is 384. The molecule has 3 N–H and O–H groups in total. The Hall–Kier alpha value is -0.130. The zero-order valence-electron chi connectivity index (χ0n) is 11.1. The molecule has 2 rings (SSSR count). The summed E-state index contributed by atoms with van der Waals surface area (Å²) in [5.74, 6) is 6.54. The van der Waals surface area contributed by atoms with E-state index in [1.54, 1.807) is 0 Å². The van der Waals surface area contributed by atoms with Gasteiger partial charge >= 0.3 is 0 Å². The standard InChI is InChI=1S/C15H23IN2/c1-11-7-6-10-13(14(11)16)15(18-17)12-8-4-2-3-5-9-12/h6-7,10,12,15,18H,2-5,8-9,17H2,1H3. The largest absolute Gasteiger partial charge is 0.271 e. The fourth-order valence-corrected chi connectivity index (χ4v) is 3.73. The first kappa shape index (κ1) is 14.3. The molecule has 3 heteroatoms. The van der Waals surface area contributed by atoms with E-state index in [0.717, 1.165) is 0 Å². The van der Waals surface area contributed by atoms with Crippen LogP contribution in [0.3, 0.4) is 0 Å². The molecule has 100 valence electrons. The monoisotopic (exact) mass is 358 g/mol. The number of rotatable bonds is 3. The zero-order valence-corrected chi connectivity index (χ0v) is 13.2. The SMILES string of the molecule is Cc1cccc(C(NN)C2CCCCCC2)c1I. The molecule has 1 unspecified atom stereocenters. The Morgan fingerprint density at radius 3 is 2.50 bits per heavy atom. The van der Waals surface area contributed by atoms with Gasteiger partial charge in [0.1, 0.15) is 0 Å². The second kappa shape index (κ2) is 6.87. The van der Waals surface area contributed by atoms with Gasteiger partial charge in [-0.25, -0.2) is 0 Å². The van der Waals surface area contributed by atoms with Crippen molar-refractivity contribution in [3.8, 4) is 0 Å². The Labute approximate surface area is 124 Å². The van der Waals surface area contributed by atoms with Crippen LogP contribution in [0, 0.1) is 16.4 Å². The predicted octanol–water partition coefficient (Wildman–Crippen LogP) is 4.07. The summed E-state index contributed by atoms with van der Waals surface area (Å²) >= 11 is 2.45. The van der Waals surface area contributed by atoms with Crippen LogP contribution in [0.25, 0.3) is 0 Å². The van der Waals surface area contributed by atoms with Gasteiger partial charge in [-0.05, 0) is 59.4 Å². The van der Waals surface area contributed by atoms with Crippen molar-refractivity contribution in [1.29, 1.82) is 0 Å². The van der Waals surface area contributed by atoms with E-state index in [9.17, 15) is 0 Å². The first-order valence-electron chi connectivity index (χ1n) is 6.95. The number of nitrogens with one attached hydrogen (secondary N) is 1. The molecule has 0 aromatic heterocycles. The average molecular weight is 358 g/mol. The molecule has 1 aromatic carbocycles. The van der Waals surface area contributed by atoms with E-state index in [0.29, 0.717) is 12.0 Å². The van der Waals surface area contributed by atoms with Crippen LogP contribution in [0.2, 0.25) is 0 Å². The minimum atomic E-state index is 0.315. The topological polar surface area (TPSA) is 38.0 Å². The van der Waals surface area contributed by atoms with Gasteiger partial charge < -0.3 is 0 Å². The highest BCUT2D eigenvalue weighted by molar-refractivity contribution is 14.1. The lowest BCUT2D eigenvalue weighted by Crippen LogP contribution is -2.34. The molecule has 2 nitrogen and oxygen atoms in total. The third kappa shape index (κ3) is 3.25.